The number of halogens is 1. The van der Waals surface area contributed by atoms with Gasteiger partial charge in [-0.25, -0.2) is 4.79 Å². The van der Waals surface area contributed by atoms with Gasteiger partial charge in [-0.15, -0.1) is 0 Å². The Morgan fingerprint density at radius 2 is 1.70 bits per heavy atom. The van der Waals surface area contributed by atoms with Crippen LogP contribution in [0.5, 0.6) is 0 Å². The van der Waals surface area contributed by atoms with Crippen molar-refractivity contribution in [1.29, 1.82) is 0 Å². The summed E-state index contributed by atoms with van der Waals surface area (Å²) in [5, 5.41) is 0. The van der Waals surface area contributed by atoms with Gasteiger partial charge in [0.2, 0.25) is 0 Å². The van der Waals surface area contributed by atoms with Gasteiger partial charge in [0.1, 0.15) is 12.7 Å². The molecule has 2 heterocycles. The van der Waals surface area contributed by atoms with Gasteiger partial charge in [-0.3, -0.25) is 28.7 Å². The van der Waals surface area contributed by atoms with Crippen LogP contribution in [0, 0.1) is 3.57 Å². The van der Waals surface area contributed by atoms with Crippen LogP contribution in [-0.4, -0.2) is 52.4 Å². The fourth-order valence-corrected chi connectivity index (χ4v) is 3.00. The van der Waals surface area contributed by atoms with Crippen molar-refractivity contribution < 1.29 is 33.3 Å². The molecule has 0 unspecified atom stereocenters. The van der Waals surface area contributed by atoms with Crippen molar-refractivity contribution in [1.82, 2.24) is 9.55 Å². The van der Waals surface area contributed by atoms with E-state index in [2.05, 4.69) is 4.98 Å². The molecule has 2 rings (SSSR count). The first-order valence-electron chi connectivity index (χ1n) is 7.74. The number of H-pyrrole nitrogens is 1. The summed E-state index contributed by atoms with van der Waals surface area (Å²) < 4.78 is 22.2. The Kier molecular flexibility index (Phi) is 6.75. The minimum atomic E-state index is -1.21. The molecule has 0 spiro atoms. The predicted molar refractivity (Wildman–Crippen MR) is 95.7 cm³/mol. The van der Waals surface area contributed by atoms with Gasteiger partial charge in [0.05, 0.1) is 3.57 Å². The molecule has 0 bridgehead atoms. The molecule has 1 saturated heterocycles. The minimum Gasteiger partial charge on any atom is -0.463 e. The van der Waals surface area contributed by atoms with E-state index in [-0.39, 0.29) is 10.2 Å². The van der Waals surface area contributed by atoms with Gasteiger partial charge >= 0.3 is 23.6 Å². The molecule has 12 heteroatoms. The Morgan fingerprint density at radius 3 is 2.26 bits per heavy atom. The minimum absolute atomic E-state index is 0.185. The fourth-order valence-electron chi connectivity index (χ4n) is 2.57. The summed E-state index contributed by atoms with van der Waals surface area (Å²) in [4.78, 5) is 60.0. The number of nitrogens with one attached hydrogen (secondary N) is 1. The second kappa shape index (κ2) is 8.65. The maximum absolute atomic E-state index is 12.2. The average Bonchev–Trinajstić information content (AvgIpc) is 2.85. The smallest absolute Gasteiger partial charge is 0.330 e. The Labute approximate surface area is 166 Å². The topological polar surface area (TPSA) is 143 Å². The summed E-state index contributed by atoms with van der Waals surface area (Å²) in [5.41, 5.74) is -1.40. The van der Waals surface area contributed by atoms with E-state index in [4.69, 9.17) is 18.9 Å². The molecule has 1 fully saturated rings. The van der Waals surface area contributed by atoms with Crippen LogP contribution in [0.15, 0.2) is 15.8 Å². The van der Waals surface area contributed by atoms with Gasteiger partial charge in [-0.05, 0) is 22.6 Å². The van der Waals surface area contributed by atoms with E-state index >= 15 is 0 Å². The molecular weight excluding hydrogens is 479 g/mol. The van der Waals surface area contributed by atoms with Gasteiger partial charge in [0.25, 0.3) is 5.56 Å². The van der Waals surface area contributed by atoms with E-state index in [1.807, 2.05) is 0 Å². The highest BCUT2D eigenvalue weighted by atomic mass is 127. The van der Waals surface area contributed by atoms with Gasteiger partial charge < -0.3 is 18.9 Å². The molecular formula is C15H17IN2O9. The Bertz CT molecular complexity index is 862. The molecule has 0 aliphatic carbocycles. The molecule has 0 saturated carbocycles. The molecule has 1 aromatic heterocycles. The van der Waals surface area contributed by atoms with Crippen molar-refractivity contribution in [2.75, 3.05) is 6.61 Å². The molecule has 1 aliphatic rings. The van der Waals surface area contributed by atoms with Crippen LogP contribution in [0.1, 0.15) is 27.0 Å². The molecule has 27 heavy (non-hydrogen) atoms. The fraction of sp³-hybridized carbons (Fsp3) is 0.533. The summed E-state index contributed by atoms with van der Waals surface area (Å²) in [6.45, 7) is 3.18. The van der Waals surface area contributed by atoms with E-state index in [0.29, 0.717) is 0 Å². The average molecular weight is 496 g/mol. The predicted octanol–water partition coefficient (Wildman–Crippen LogP) is -0.535. The Balaban J connectivity index is 2.47. The zero-order chi connectivity index (χ0) is 20.3. The zero-order valence-electron chi connectivity index (χ0n) is 14.6. The number of hydrogen-bond donors (Lipinski definition) is 1. The lowest BCUT2D eigenvalue weighted by molar-refractivity contribution is -0.166. The van der Waals surface area contributed by atoms with Gasteiger partial charge in [0, 0.05) is 27.0 Å². The number of carbonyl (C=O) groups is 3. The molecule has 0 aromatic carbocycles. The third kappa shape index (κ3) is 5.15. The number of rotatable bonds is 5. The standard InChI is InChI=1S/C15H17IN2O9/c1-6(19)24-5-10-11(25-7(2)20)12(26-8(3)21)14(27-10)18-4-9(16)13(22)17-15(18)23/h4,10-12,14H,5H2,1-3H3,(H,17,22,23)/t10-,11-,12-,14-/m0/s1. The number of ether oxygens (including phenoxy) is 4. The van der Waals surface area contributed by atoms with Crippen LogP contribution in [0.3, 0.4) is 0 Å². The summed E-state index contributed by atoms with van der Waals surface area (Å²) >= 11 is 1.72. The molecule has 11 nitrogen and oxygen atoms in total. The Morgan fingerprint density at radius 1 is 1.11 bits per heavy atom. The van der Waals surface area contributed by atoms with Gasteiger partial charge in [-0.1, -0.05) is 0 Å². The number of aromatic nitrogens is 2. The lowest BCUT2D eigenvalue weighted by Crippen LogP contribution is -2.42. The third-order valence-electron chi connectivity index (χ3n) is 3.54. The van der Waals surface area contributed by atoms with E-state index < -0.39 is 53.7 Å². The van der Waals surface area contributed by atoms with Gasteiger partial charge in [0.15, 0.2) is 18.4 Å². The quantitative estimate of drug-likeness (QED) is 0.323. The summed E-state index contributed by atoms with van der Waals surface area (Å²) in [6, 6.07) is 0. The van der Waals surface area contributed by atoms with Crippen LogP contribution < -0.4 is 11.2 Å². The van der Waals surface area contributed by atoms with E-state index in [0.717, 1.165) is 18.4 Å². The molecule has 148 valence electrons. The van der Waals surface area contributed by atoms with Crippen molar-refractivity contribution in [3.8, 4) is 0 Å². The van der Waals surface area contributed by atoms with E-state index in [9.17, 15) is 24.0 Å². The molecule has 1 aromatic rings. The highest BCUT2D eigenvalue weighted by molar-refractivity contribution is 14.1. The van der Waals surface area contributed by atoms with Crippen molar-refractivity contribution in [3.05, 3.63) is 30.6 Å². The zero-order valence-corrected chi connectivity index (χ0v) is 16.8. The number of esters is 3. The third-order valence-corrected chi connectivity index (χ3v) is 4.31. The monoisotopic (exact) mass is 496 g/mol. The Hall–Kier alpha value is -2.22. The van der Waals surface area contributed by atoms with Crippen LogP contribution in [0.4, 0.5) is 0 Å². The number of nitrogens with zero attached hydrogens (tertiary/aromatic N) is 1. The van der Waals surface area contributed by atoms with Crippen LogP contribution >= 0.6 is 22.6 Å². The summed E-state index contributed by atoms with van der Waals surface area (Å²) in [5.74, 6) is -1.98. The molecule has 0 radical (unpaired) electrons. The molecule has 4 atom stereocenters. The maximum Gasteiger partial charge on any atom is 0.330 e. The van der Waals surface area contributed by atoms with Crippen molar-refractivity contribution in [3.63, 3.8) is 0 Å². The lowest BCUT2D eigenvalue weighted by atomic mass is 10.1. The van der Waals surface area contributed by atoms with Gasteiger partial charge in [-0.2, -0.15) is 0 Å². The van der Waals surface area contributed by atoms with Crippen LogP contribution in [0.25, 0.3) is 0 Å². The lowest BCUT2D eigenvalue weighted by Gasteiger charge is -2.23. The highest BCUT2D eigenvalue weighted by Gasteiger charge is 2.50. The SMILES string of the molecule is CC(=O)OC[C@@H]1O[C@H](n2cc(I)c(=O)[nH]c2=O)[C@@H](OC(C)=O)[C@H]1OC(C)=O. The maximum atomic E-state index is 12.2. The second-order valence-electron chi connectivity index (χ2n) is 5.66. The first-order chi connectivity index (χ1) is 12.6. The molecule has 1 aliphatic heterocycles. The summed E-state index contributed by atoms with van der Waals surface area (Å²) in [6.07, 6.45) is -3.32. The molecule has 1 N–H and O–H groups in total. The number of hydrogen-bond acceptors (Lipinski definition) is 9. The first kappa shape index (κ1) is 21.1. The normalized spacial score (nSPS) is 24.3. The molecule has 0 amide bonds. The van der Waals surface area contributed by atoms with Crippen molar-refractivity contribution in [2.24, 2.45) is 0 Å². The second-order valence-corrected chi connectivity index (χ2v) is 6.82. The number of aromatic amines is 1. The largest absolute Gasteiger partial charge is 0.463 e. The van der Waals surface area contributed by atoms with Crippen molar-refractivity contribution in [2.45, 2.75) is 45.3 Å². The van der Waals surface area contributed by atoms with Crippen LogP contribution in [-0.2, 0) is 33.3 Å². The number of carbonyl (C=O) groups excluding carboxylic acids is 3. The highest BCUT2D eigenvalue weighted by Crippen LogP contribution is 2.33. The van der Waals surface area contributed by atoms with E-state index in [1.165, 1.54) is 13.1 Å². The van der Waals surface area contributed by atoms with Crippen LogP contribution in [0.2, 0.25) is 0 Å². The van der Waals surface area contributed by atoms with Crippen molar-refractivity contribution >= 4 is 40.5 Å². The van der Waals surface area contributed by atoms with E-state index in [1.54, 1.807) is 22.6 Å². The summed E-state index contributed by atoms with van der Waals surface area (Å²) in [7, 11) is 0. The first-order valence-corrected chi connectivity index (χ1v) is 8.82.